The van der Waals surface area contributed by atoms with E-state index >= 15 is 0 Å². The number of anilines is 1. The summed E-state index contributed by atoms with van der Waals surface area (Å²) in [6, 6.07) is 18.0. The van der Waals surface area contributed by atoms with E-state index < -0.39 is 0 Å². The topological polar surface area (TPSA) is 76.1 Å². The number of benzene rings is 2. The summed E-state index contributed by atoms with van der Waals surface area (Å²) in [6.45, 7) is 1.27. The van der Waals surface area contributed by atoms with Gasteiger partial charge < -0.3 is 15.4 Å². The van der Waals surface area contributed by atoms with Gasteiger partial charge >= 0.3 is 0 Å². The van der Waals surface area contributed by atoms with E-state index in [0.29, 0.717) is 18.1 Å². The molecule has 0 aliphatic carbocycles. The number of nitrogens with one attached hydrogen (secondary N) is 2. The molecule has 2 N–H and O–H groups in total. The molecule has 3 aromatic rings. The first kappa shape index (κ1) is 19.4. The molecule has 0 bridgehead atoms. The molecule has 1 amide bonds. The summed E-state index contributed by atoms with van der Waals surface area (Å²) in [6.07, 6.45) is 4.69. The third kappa shape index (κ3) is 5.81. The van der Waals surface area contributed by atoms with Gasteiger partial charge in [-0.15, -0.1) is 0 Å². The Morgan fingerprint density at radius 1 is 0.929 bits per heavy atom. The van der Waals surface area contributed by atoms with Crippen molar-refractivity contribution in [3.63, 3.8) is 0 Å². The van der Waals surface area contributed by atoms with Gasteiger partial charge in [-0.1, -0.05) is 42.5 Å². The molecule has 1 heterocycles. The zero-order chi connectivity index (χ0) is 19.6. The molecule has 144 valence electrons. The Hall–Kier alpha value is -3.41. The monoisotopic (exact) mass is 376 g/mol. The fraction of sp³-hybridized carbons (Fsp3) is 0.227. The third-order valence-electron chi connectivity index (χ3n) is 4.28. The van der Waals surface area contributed by atoms with Gasteiger partial charge in [0.05, 0.1) is 19.5 Å². The molecular formula is C22H24N4O2. The van der Waals surface area contributed by atoms with Gasteiger partial charge in [0.15, 0.2) is 0 Å². The van der Waals surface area contributed by atoms with Crippen LogP contribution in [0.1, 0.15) is 21.6 Å². The summed E-state index contributed by atoms with van der Waals surface area (Å²) in [5, 5.41) is 6.08. The highest BCUT2D eigenvalue weighted by Gasteiger charge is 2.07. The highest BCUT2D eigenvalue weighted by molar-refractivity contribution is 5.91. The summed E-state index contributed by atoms with van der Waals surface area (Å²) in [7, 11) is 1.64. The van der Waals surface area contributed by atoms with Crippen molar-refractivity contribution in [1.29, 1.82) is 0 Å². The summed E-state index contributed by atoms with van der Waals surface area (Å²) >= 11 is 0. The third-order valence-corrected chi connectivity index (χ3v) is 4.28. The average Bonchev–Trinajstić information content (AvgIpc) is 2.75. The Morgan fingerprint density at radius 2 is 1.71 bits per heavy atom. The van der Waals surface area contributed by atoms with Crippen LogP contribution in [0.15, 0.2) is 67.0 Å². The van der Waals surface area contributed by atoms with Crippen LogP contribution in [-0.2, 0) is 12.8 Å². The van der Waals surface area contributed by atoms with Crippen LogP contribution in [0.25, 0.3) is 0 Å². The number of hydrogen-bond acceptors (Lipinski definition) is 5. The van der Waals surface area contributed by atoms with Gasteiger partial charge in [-0.25, -0.2) is 9.97 Å². The van der Waals surface area contributed by atoms with E-state index in [-0.39, 0.29) is 5.91 Å². The smallest absolute Gasteiger partial charge is 0.271 e. The maximum absolute atomic E-state index is 12.2. The van der Waals surface area contributed by atoms with Crippen molar-refractivity contribution < 1.29 is 9.53 Å². The molecular weight excluding hydrogens is 352 g/mol. The maximum Gasteiger partial charge on any atom is 0.271 e. The first-order chi connectivity index (χ1) is 13.7. The second-order valence-corrected chi connectivity index (χ2v) is 6.31. The zero-order valence-electron chi connectivity index (χ0n) is 15.9. The van der Waals surface area contributed by atoms with Gasteiger partial charge in [0.1, 0.15) is 17.3 Å². The average molecular weight is 376 g/mol. The summed E-state index contributed by atoms with van der Waals surface area (Å²) < 4.78 is 5.20. The molecule has 0 saturated heterocycles. The number of nitrogens with zero attached hydrogens (tertiary/aromatic N) is 2. The lowest BCUT2D eigenvalue weighted by Gasteiger charge is -2.08. The number of hydrogen-bond donors (Lipinski definition) is 2. The normalized spacial score (nSPS) is 10.3. The van der Waals surface area contributed by atoms with Crippen LogP contribution >= 0.6 is 0 Å². The molecule has 1 aromatic heterocycles. The molecule has 0 radical (unpaired) electrons. The molecule has 6 nitrogen and oxygen atoms in total. The van der Waals surface area contributed by atoms with Crippen molar-refractivity contribution in [2.75, 3.05) is 25.5 Å². The van der Waals surface area contributed by atoms with Crippen LogP contribution in [0.2, 0.25) is 0 Å². The standard InChI is InChI=1S/C22H24N4O2/c1-28-19-9-5-8-18(14-19)11-13-24-22(27)20-15-26-21(16-25-20)23-12-10-17-6-3-2-4-7-17/h2-9,14-16H,10-13H2,1H3,(H,23,26)(H,24,27). The quantitative estimate of drug-likeness (QED) is 0.600. The largest absolute Gasteiger partial charge is 0.497 e. The second-order valence-electron chi connectivity index (χ2n) is 6.31. The fourth-order valence-electron chi connectivity index (χ4n) is 2.76. The van der Waals surface area contributed by atoms with Gasteiger partial charge in [-0.3, -0.25) is 4.79 Å². The van der Waals surface area contributed by atoms with E-state index in [1.54, 1.807) is 13.3 Å². The lowest BCUT2D eigenvalue weighted by Crippen LogP contribution is -2.26. The minimum absolute atomic E-state index is 0.230. The molecule has 28 heavy (non-hydrogen) atoms. The van der Waals surface area contributed by atoms with Gasteiger partial charge in [0, 0.05) is 13.1 Å². The number of rotatable bonds is 9. The van der Waals surface area contributed by atoms with Crippen LogP contribution in [0.5, 0.6) is 5.75 Å². The number of methoxy groups -OCH3 is 1. The lowest BCUT2D eigenvalue weighted by molar-refractivity contribution is 0.0949. The number of ether oxygens (including phenoxy) is 1. The summed E-state index contributed by atoms with van der Waals surface area (Å²) in [5.41, 5.74) is 2.66. The number of carbonyl (C=O) groups is 1. The highest BCUT2D eigenvalue weighted by Crippen LogP contribution is 2.12. The highest BCUT2D eigenvalue weighted by atomic mass is 16.5. The van der Waals surface area contributed by atoms with Crippen molar-refractivity contribution in [2.24, 2.45) is 0 Å². The Balaban J connectivity index is 1.42. The predicted molar refractivity (Wildman–Crippen MR) is 110 cm³/mol. The van der Waals surface area contributed by atoms with Crippen LogP contribution < -0.4 is 15.4 Å². The van der Waals surface area contributed by atoms with Crippen molar-refractivity contribution in [3.05, 3.63) is 83.8 Å². The fourth-order valence-corrected chi connectivity index (χ4v) is 2.76. The summed E-state index contributed by atoms with van der Waals surface area (Å²) in [5.74, 6) is 1.24. The van der Waals surface area contributed by atoms with Crippen molar-refractivity contribution >= 4 is 11.7 Å². The first-order valence-corrected chi connectivity index (χ1v) is 9.25. The lowest BCUT2D eigenvalue weighted by atomic mass is 10.1. The van der Waals surface area contributed by atoms with Gasteiger partial charge in [0.25, 0.3) is 5.91 Å². The van der Waals surface area contributed by atoms with E-state index in [9.17, 15) is 4.79 Å². The van der Waals surface area contributed by atoms with E-state index in [1.165, 1.54) is 11.8 Å². The zero-order valence-corrected chi connectivity index (χ0v) is 15.9. The molecule has 0 aliphatic rings. The Bertz CT molecular complexity index is 883. The van der Waals surface area contributed by atoms with Gasteiger partial charge in [-0.2, -0.15) is 0 Å². The van der Waals surface area contributed by atoms with Crippen LogP contribution in [-0.4, -0.2) is 36.1 Å². The van der Waals surface area contributed by atoms with Crippen molar-refractivity contribution in [1.82, 2.24) is 15.3 Å². The van der Waals surface area contributed by atoms with Gasteiger partial charge in [0.2, 0.25) is 0 Å². The molecule has 0 fully saturated rings. The molecule has 3 rings (SSSR count). The number of amides is 1. The minimum atomic E-state index is -0.230. The predicted octanol–water partition coefficient (Wildman–Crippen LogP) is 3.11. The van der Waals surface area contributed by atoms with Crippen molar-refractivity contribution in [3.8, 4) is 5.75 Å². The number of aromatic nitrogens is 2. The van der Waals surface area contributed by atoms with Crippen LogP contribution in [0.4, 0.5) is 5.82 Å². The SMILES string of the molecule is COc1cccc(CCNC(=O)c2cnc(NCCc3ccccc3)cn2)c1. The van der Waals surface area contributed by atoms with Gasteiger partial charge in [-0.05, 0) is 36.1 Å². The van der Waals surface area contributed by atoms with E-state index in [2.05, 4.69) is 32.7 Å². The molecule has 0 aliphatic heterocycles. The second kappa shape index (κ2) is 10.1. The summed E-state index contributed by atoms with van der Waals surface area (Å²) in [4.78, 5) is 20.7. The van der Waals surface area contributed by atoms with Crippen LogP contribution in [0.3, 0.4) is 0 Å². The molecule has 0 unspecified atom stereocenters. The molecule has 0 spiro atoms. The minimum Gasteiger partial charge on any atom is -0.497 e. The Kier molecular flexibility index (Phi) is 6.95. The van der Waals surface area contributed by atoms with E-state index in [1.807, 2.05) is 42.5 Å². The molecule has 6 heteroatoms. The van der Waals surface area contributed by atoms with Crippen molar-refractivity contribution in [2.45, 2.75) is 12.8 Å². The molecule has 0 atom stereocenters. The van der Waals surface area contributed by atoms with E-state index in [0.717, 1.165) is 30.7 Å². The molecule has 0 saturated carbocycles. The Labute approximate surface area is 165 Å². The van der Waals surface area contributed by atoms with E-state index in [4.69, 9.17) is 4.74 Å². The molecule has 2 aromatic carbocycles. The first-order valence-electron chi connectivity index (χ1n) is 9.25. The Morgan fingerprint density at radius 3 is 2.46 bits per heavy atom. The van der Waals surface area contributed by atoms with Crippen LogP contribution in [0, 0.1) is 0 Å². The maximum atomic E-state index is 12.2. The number of carbonyl (C=O) groups excluding carboxylic acids is 1.